The van der Waals surface area contributed by atoms with Crippen molar-refractivity contribution in [1.29, 1.82) is 0 Å². The molecule has 2 aromatic rings. The molecule has 0 amide bonds. The van der Waals surface area contributed by atoms with Crippen LogP contribution in [0.25, 0.3) is 0 Å². The van der Waals surface area contributed by atoms with E-state index in [1.165, 1.54) is 5.56 Å². The fourth-order valence-corrected chi connectivity index (χ4v) is 4.01. The van der Waals surface area contributed by atoms with Gasteiger partial charge >= 0.3 is 5.97 Å². The molecule has 1 atom stereocenters. The van der Waals surface area contributed by atoms with E-state index in [1.54, 1.807) is 6.07 Å². The van der Waals surface area contributed by atoms with Gasteiger partial charge in [-0.1, -0.05) is 39.0 Å². The first-order valence-corrected chi connectivity index (χ1v) is 9.56. The molecule has 0 fully saturated rings. The fraction of sp³-hybridized carbons (Fsp3) is 0.409. The molecule has 4 rings (SSSR count). The van der Waals surface area contributed by atoms with Crippen molar-refractivity contribution in [3.63, 3.8) is 0 Å². The van der Waals surface area contributed by atoms with Crippen LogP contribution in [0.5, 0.6) is 5.75 Å². The van der Waals surface area contributed by atoms with Crippen LogP contribution in [0.1, 0.15) is 56.1 Å². The second-order valence-corrected chi connectivity index (χ2v) is 9.16. The molecule has 0 aromatic heterocycles. The van der Waals surface area contributed by atoms with Gasteiger partial charge in [-0.25, -0.2) is 4.79 Å². The van der Waals surface area contributed by atoms with Crippen LogP contribution in [0.2, 0.25) is 0 Å². The van der Waals surface area contributed by atoms with E-state index < -0.39 is 11.6 Å². The summed E-state index contributed by atoms with van der Waals surface area (Å²) in [7, 11) is 0. The molecule has 28 heavy (non-hydrogen) atoms. The van der Waals surface area contributed by atoms with Gasteiger partial charge in [-0.05, 0) is 37.0 Å². The quantitative estimate of drug-likeness (QED) is 0.621. The minimum atomic E-state index is -0.979. The summed E-state index contributed by atoms with van der Waals surface area (Å²) >= 11 is 0. The van der Waals surface area contributed by atoms with Crippen LogP contribution in [0.3, 0.4) is 0 Å². The number of carboxylic acids is 1. The number of aromatic carboxylic acids is 1. The number of rotatable bonds is 3. The Labute approximate surface area is 165 Å². The van der Waals surface area contributed by atoms with Gasteiger partial charge in [0, 0.05) is 17.7 Å². The topological polar surface area (TPSA) is 82.6 Å². The number of carboxylic acid groups (broad SMARTS) is 1. The average molecular weight is 381 g/mol. The second kappa shape index (κ2) is 6.06. The van der Waals surface area contributed by atoms with Gasteiger partial charge in [0.2, 0.25) is 0 Å². The molecule has 148 valence electrons. The number of fused-ring (bicyclic) bond motifs is 3. The summed E-state index contributed by atoms with van der Waals surface area (Å²) in [5, 5.41) is 20.0. The summed E-state index contributed by atoms with van der Waals surface area (Å²) in [5.41, 5.74) is 4.65. The summed E-state index contributed by atoms with van der Waals surface area (Å²) in [6.07, 6.45) is 0.418. The zero-order chi connectivity index (χ0) is 20.3. The number of carbonyl (C=O) groups is 1. The molecule has 6 nitrogen and oxygen atoms in total. The largest absolute Gasteiger partial charge is 0.486 e. The predicted molar refractivity (Wildman–Crippen MR) is 112 cm³/mol. The molecular weight excluding hydrogens is 354 g/mol. The van der Waals surface area contributed by atoms with Crippen molar-refractivity contribution in [1.82, 2.24) is 0 Å². The van der Waals surface area contributed by atoms with Gasteiger partial charge in [-0.3, -0.25) is 0 Å². The Morgan fingerprint density at radius 1 is 1.25 bits per heavy atom. The first-order valence-electron chi connectivity index (χ1n) is 9.56. The van der Waals surface area contributed by atoms with E-state index in [-0.39, 0.29) is 17.3 Å². The van der Waals surface area contributed by atoms with Gasteiger partial charge in [0.25, 0.3) is 0 Å². The summed E-state index contributed by atoms with van der Waals surface area (Å²) in [6.45, 7) is 10.5. The molecule has 0 bridgehead atoms. The van der Waals surface area contributed by atoms with Crippen molar-refractivity contribution in [3.05, 3.63) is 47.0 Å². The maximum atomic E-state index is 11.8. The van der Waals surface area contributed by atoms with E-state index in [0.717, 1.165) is 22.6 Å². The summed E-state index contributed by atoms with van der Waals surface area (Å²) in [5.74, 6) is -0.505. The zero-order valence-electron chi connectivity index (χ0n) is 16.9. The van der Waals surface area contributed by atoms with Crippen molar-refractivity contribution in [2.24, 2.45) is 0 Å². The third kappa shape index (κ3) is 3.13. The predicted octanol–water partition coefficient (Wildman–Crippen LogP) is 4.63. The lowest BCUT2D eigenvalue weighted by Gasteiger charge is -2.25. The third-order valence-corrected chi connectivity index (χ3v) is 5.21. The molecule has 4 N–H and O–H groups in total. The van der Waals surface area contributed by atoms with E-state index in [2.05, 4.69) is 48.9 Å². The Hall–Kier alpha value is -2.89. The minimum Gasteiger partial charge on any atom is -0.486 e. The second-order valence-electron chi connectivity index (χ2n) is 9.16. The maximum Gasteiger partial charge on any atom is 0.339 e. The molecule has 2 aliphatic heterocycles. The Bertz CT molecular complexity index is 960. The van der Waals surface area contributed by atoms with E-state index >= 15 is 0 Å². The van der Waals surface area contributed by atoms with Crippen molar-refractivity contribution >= 4 is 23.0 Å². The number of para-hydroxylation sites is 1. The number of hydrogen-bond donors (Lipinski definition) is 4. The SMILES string of the molecule is CC1(C)Cc2c3c(cc(C(=O)O)c2O1)NC(Nc1ccccc1C(C)(C)C)N3. The lowest BCUT2D eigenvalue weighted by Crippen LogP contribution is -2.32. The van der Waals surface area contributed by atoms with Crippen molar-refractivity contribution in [2.75, 3.05) is 16.0 Å². The molecule has 0 aliphatic carbocycles. The smallest absolute Gasteiger partial charge is 0.339 e. The van der Waals surface area contributed by atoms with Gasteiger partial charge in [-0.15, -0.1) is 0 Å². The van der Waals surface area contributed by atoms with Gasteiger partial charge in [0.05, 0.1) is 11.4 Å². The van der Waals surface area contributed by atoms with Crippen LogP contribution in [-0.2, 0) is 11.8 Å². The van der Waals surface area contributed by atoms with Crippen molar-refractivity contribution in [2.45, 2.75) is 58.3 Å². The van der Waals surface area contributed by atoms with Crippen LogP contribution >= 0.6 is 0 Å². The minimum absolute atomic E-state index is 0.00460. The molecular formula is C22H27N3O3. The highest BCUT2D eigenvalue weighted by Crippen LogP contribution is 2.47. The average Bonchev–Trinajstić information content (AvgIpc) is 3.12. The van der Waals surface area contributed by atoms with Crippen LogP contribution < -0.4 is 20.7 Å². The summed E-state index contributed by atoms with van der Waals surface area (Å²) in [4.78, 5) is 11.8. The normalized spacial score (nSPS) is 19.1. The monoisotopic (exact) mass is 381 g/mol. The molecule has 0 saturated heterocycles. The first-order chi connectivity index (χ1) is 13.0. The molecule has 2 heterocycles. The van der Waals surface area contributed by atoms with Gasteiger partial charge < -0.3 is 25.8 Å². The Balaban J connectivity index is 1.67. The van der Waals surface area contributed by atoms with Gasteiger partial charge in [-0.2, -0.15) is 0 Å². The third-order valence-electron chi connectivity index (χ3n) is 5.21. The highest BCUT2D eigenvalue weighted by atomic mass is 16.5. The lowest BCUT2D eigenvalue weighted by atomic mass is 9.86. The van der Waals surface area contributed by atoms with Crippen LogP contribution in [-0.4, -0.2) is 23.0 Å². The summed E-state index contributed by atoms with van der Waals surface area (Å²) < 4.78 is 5.96. The highest BCUT2D eigenvalue weighted by molar-refractivity contribution is 5.97. The number of benzene rings is 2. The molecule has 6 heteroatoms. The van der Waals surface area contributed by atoms with Crippen LogP contribution in [0.15, 0.2) is 30.3 Å². The van der Waals surface area contributed by atoms with Crippen molar-refractivity contribution in [3.8, 4) is 5.75 Å². The van der Waals surface area contributed by atoms with E-state index in [1.807, 2.05) is 26.0 Å². The molecule has 1 unspecified atom stereocenters. The number of ether oxygens (including phenoxy) is 1. The van der Waals surface area contributed by atoms with Crippen LogP contribution in [0.4, 0.5) is 17.1 Å². The van der Waals surface area contributed by atoms with Crippen LogP contribution in [0, 0.1) is 0 Å². The zero-order valence-corrected chi connectivity index (χ0v) is 16.9. The number of anilines is 3. The number of nitrogens with one attached hydrogen (secondary N) is 3. The van der Waals surface area contributed by atoms with Gasteiger partial charge in [0.1, 0.15) is 16.9 Å². The molecule has 0 radical (unpaired) electrons. The number of hydrogen-bond acceptors (Lipinski definition) is 5. The van der Waals surface area contributed by atoms with Crippen molar-refractivity contribution < 1.29 is 14.6 Å². The molecule has 2 aliphatic rings. The standard InChI is InChI=1S/C22H27N3O3/c1-21(2,3)14-8-6-7-9-15(14)23-20-24-16-10-12(19(26)27)18-13(17(16)25-20)11-22(4,5)28-18/h6-10,20,23-25H,11H2,1-5H3,(H,26,27). The maximum absolute atomic E-state index is 11.8. The highest BCUT2D eigenvalue weighted by Gasteiger charge is 2.39. The summed E-state index contributed by atoms with van der Waals surface area (Å²) in [6, 6.07) is 9.90. The van der Waals surface area contributed by atoms with E-state index in [0.29, 0.717) is 12.2 Å². The van der Waals surface area contributed by atoms with Gasteiger partial charge in [0.15, 0.2) is 6.29 Å². The Morgan fingerprint density at radius 2 is 1.96 bits per heavy atom. The van der Waals surface area contributed by atoms with E-state index in [9.17, 15) is 9.90 Å². The fourth-order valence-electron chi connectivity index (χ4n) is 4.01. The molecule has 0 saturated carbocycles. The Kier molecular flexibility index (Phi) is 4.00. The lowest BCUT2D eigenvalue weighted by molar-refractivity contribution is 0.0685. The molecule has 0 spiro atoms. The first kappa shape index (κ1) is 18.5. The van der Waals surface area contributed by atoms with E-state index in [4.69, 9.17) is 4.74 Å². The Morgan fingerprint density at radius 3 is 2.64 bits per heavy atom. The molecule has 2 aromatic carbocycles.